The van der Waals surface area contributed by atoms with Gasteiger partial charge >= 0.3 is 5.97 Å². The van der Waals surface area contributed by atoms with Gasteiger partial charge in [0.15, 0.2) is 5.43 Å². The molecule has 0 spiro atoms. The van der Waals surface area contributed by atoms with E-state index in [2.05, 4.69) is 0 Å². The normalized spacial score (nSPS) is 24.2. The molecule has 2 aliphatic rings. The molecule has 1 fully saturated rings. The summed E-state index contributed by atoms with van der Waals surface area (Å²) in [4.78, 5) is 38.9. The van der Waals surface area contributed by atoms with Crippen molar-refractivity contribution in [3.63, 3.8) is 0 Å². The predicted octanol–water partition coefficient (Wildman–Crippen LogP) is 1.61. The Kier molecular flexibility index (Phi) is 4.22. The third-order valence-electron chi connectivity index (χ3n) is 5.34. The number of fused-ring (bicyclic) bond motifs is 4. The summed E-state index contributed by atoms with van der Waals surface area (Å²) in [6.45, 7) is 4.29. The van der Waals surface area contributed by atoms with Crippen molar-refractivity contribution in [1.82, 2.24) is 9.58 Å². The number of hydrogen-bond acceptors (Lipinski definition) is 5. The number of esters is 1. The van der Waals surface area contributed by atoms with Crippen LogP contribution in [0.2, 0.25) is 0 Å². The molecular formula is C20H21N3O4. The topological polar surface area (TPSA) is 71.8 Å². The summed E-state index contributed by atoms with van der Waals surface area (Å²) in [5, 5.41) is 2.02. The van der Waals surface area contributed by atoms with Crippen molar-refractivity contribution in [1.29, 1.82) is 0 Å². The molecule has 27 heavy (non-hydrogen) atoms. The summed E-state index contributed by atoms with van der Waals surface area (Å²) >= 11 is 0. The molecule has 4 rings (SSSR count). The second-order valence-electron chi connectivity index (χ2n) is 7.08. The van der Waals surface area contributed by atoms with Crippen molar-refractivity contribution in [3.8, 4) is 0 Å². The molecule has 2 aliphatic heterocycles. The van der Waals surface area contributed by atoms with E-state index in [1.165, 1.54) is 12.1 Å². The van der Waals surface area contributed by atoms with E-state index < -0.39 is 12.1 Å². The van der Waals surface area contributed by atoms with Crippen molar-refractivity contribution < 1.29 is 14.3 Å². The molecular weight excluding hydrogens is 346 g/mol. The van der Waals surface area contributed by atoms with Crippen molar-refractivity contribution in [3.05, 3.63) is 70.1 Å². The first-order chi connectivity index (χ1) is 13.0. The van der Waals surface area contributed by atoms with Crippen LogP contribution in [-0.4, -0.2) is 46.3 Å². The van der Waals surface area contributed by atoms with Crippen molar-refractivity contribution >= 4 is 11.9 Å². The zero-order valence-corrected chi connectivity index (χ0v) is 15.2. The van der Waals surface area contributed by atoms with E-state index in [9.17, 15) is 14.4 Å². The van der Waals surface area contributed by atoms with Crippen molar-refractivity contribution in [2.75, 3.05) is 11.7 Å². The Morgan fingerprint density at radius 2 is 1.85 bits per heavy atom. The van der Waals surface area contributed by atoms with Crippen LogP contribution in [0.5, 0.6) is 0 Å². The Labute approximate surface area is 156 Å². The van der Waals surface area contributed by atoms with Crippen LogP contribution in [0.25, 0.3) is 0 Å². The number of aromatic nitrogens is 1. The van der Waals surface area contributed by atoms with Gasteiger partial charge in [0.25, 0.3) is 5.91 Å². The van der Waals surface area contributed by atoms with Gasteiger partial charge < -0.3 is 9.64 Å². The standard InChI is InChI=1S/C20H21N3O4/c1-13-10-18(27-20(26)15-6-4-3-5-7-15)14(2)21-12-23(13)22-9-8-16(24)11-17(22)19(21)25/h3-9,11,13-14,18H,10,12H2,1-2H3. The van der Waals surface area contributed by atoms with Crippen LogP contribution in [0.15, 0.2) is 53.5 Å². The molecule has 7 heteroatoms. The number of rotatable bonds is 2. The van der Waals surface area contributed by atoms with Gasteiger partial charge in [0.1, 0.15) is 18.5 Å². The minimum atomic E-state index is -0.441. The van der Waals surface area contributed by atoms with Crippen LogP contribution >= 0.6 is 0 Å². The number of ether oxygens (including phenoxy) is 1. The number of hydrogen-bond donors (Lipinski definition) is 0. The maximum absolute atomic E-state index is 12.9. The molecule has 3 heterocycles. The highest BCUT2D eigenvalue weighted by Crippen LogP contribution is 2.27. The number of pyridine rings is 1. The van der Waals surface area contributed by atoms with Crippen molar-refractivity contribution in [2.45, 2.75) is 38.5 Å². The fraction of sp³-hybridized carbons (Fsp3) is 0.350. The van der Waals surface area contributed by atoms with E-state index in [0.29, 0.717) is 24.3 Å². The fourth-order valence-electron chi connectivity index (χ4n) is 3.74. The number of benzene rings is 1. The van der Waals surface area contributed by atoms with Gasteiger partial charge in [-0.3, -0.25) is 19.3 Å². The number of amides is 1. The molecule has 1 aromatic carbocycles. The van der Waals surface area contributed by atoms with E-state index in [1.807, 2.05) is 24.9 Å². The average molecular weight is 367 g/mol. The lowest BCUT2D eigenvalue weighted by molar-refractivity contribution is 0.00405. The first-order valence-electron chi connectivity index (χ1n) is 9.02. The molecule has 140 valence electrons. The first kappa shape index (κ1) is 17.3. The van der Waals surface area contributed by atoms with Gasteiger partial charge in [-0.25, -0.2) is 4.79 Å². The van der Waals surface area contributed by atoms with Gasteiger partial charge in [0.05, 0.1) is 11.6 Å². The highest BCUT2D eigenvalue weighted by molar-refractivity contribution is 5.94. The highest BCUT2D eigenvalue weighted by Gasteiger charge is 2.42. The molecule has 2 bridgehead atoms. The third-order valence-corrected chi connectivity index (χ3v) is 5.34. The summed E-state index contributed by atoms with van der Waals surface area (Å²) in [6, 6.07) is 11.3. The zero-order valence-electron chi connectivity index (χ0n) is 15.2. The van der Waals surface area contributed by atoms with Crippen LogP contribution in [0, 0.1) is 0 Å². The summed E-state index contributed by atoms with van der Waals surface area (Å²) in [7, 11) is 0. The molecule has 1 amide bonds. The van der Waals surface area contributed by atoms with Gasteiger partial charge in [0, 0.05) is 30.8 Å². The monoisotopic (exact) mass is 367 g/mol. The summed E-state index contributed by atoms with van der Waals surface area (Å²) in [5.41, 5.74) is 0.616. The number of nitrogens with zero attached hydrogens (tertiary/aromatic N) is 3. The summed E-state index contributed by atoms with van der Waals surface area (Å²) in [6.07, 6.45) is 1.77. The van der Waals surface area contributed by atoms with Gasteiger partial charge in [-0.2, -0.15) is 0 Å². The van der Waals surface area contributed by atoms with E-state index in [4.69, 9.17) is 4.74 Å². The van der Waals surface area contributed by atoms with E-state index in [-0.39, 0.29) is 23.4 Å². The van der Waals surface area contributed by atoms with Crippen LogP contribution < -0.4 is 10.4 Å². The SMILES string of the molecule is CC1C(OC(=O)c2ccccc2)CC(C)N2CN1C(=O)c1cc(=O)ccn12. The molecule has 2 aromatic rings. The number of carbonyl (C=O) groups is 2. The average Bonchev–Trinajstić information content (AvgIpc) is 2.77. The molecule has 3 atom stereocenters. The van der Waals surface area contributed by atoms with Gasteiger partial charge in [-0.15, -0.1) is 0 Å². The molecule has 0 N–H and O–H groups in total. The molecule has 0 radical (unpaired) electrons. The summed E-state index contributed by atoms with van der Waals surface area (Å²) < 4.78 is 7.52. The van der Waals surface area contributed by atoms with E-state index >= 15 is 0 Å². The lowest BCUT2D eigenvalue weighted by Crippen LogP contribution is -2.57. The van der Waals surface area contributed by atoms with Gasteiger partial charge in [-0.05, 0) is 26.0 Å². The van der Waals surface area contributed by atoms with Crippen molar-refractivity contribution in [2.24, 2.45) is 0 Å². The van der Waals surface area contributed by atoms with E-state index in [0.717, 1.165) is 0 Å². The van der Waals surface area contributed by atoms with E-state index in [1.54, 1.807) is 40.0 Å². The maximum Gasteiger partial charge on any atom is 0.338 e. The minimum absolute atomic E-state index is 0.0142. The largest absolute Gasteiger partial charge is 0.457 e. The molecule has 0 aliphatic carbocycles. The second kappa shape index (κ2) is 6.57. The van der Waals surface area contributed by atoms with Crippen LogP contribution in [0.3, 0.4) is 0 Å². The van der Waals surface area contributed by atoms with Gasteiger partial charge in [-0.1, -0.05) is 18.2 Å². The Hall–Kier alpha value is -3.09. The second-order valence-corrected chi connectivity index (χ2v) is 7.08. The Morgan fingerprint density at radius 3 is 2.59 bits per heavy atom. The Balaban J connectivity index is 1.65. The first-order valence-corrected chi connectivity index (χ1v) is 9.02. The van der Waals surface area contributed by atoms with Gasteiger partial charge in [0.2, 0.25) is 0 Å². The predicted molar refractivity (Wildman–Crippen MR) is 99.1 cm³/mol. The zero-order chi connectivity index (χ0) is 19.1. The lowest BCUT2D eigenvalue weighted by Gasteiger charge is -2.41. The van der Waals surface area contributed by atoms with Crippen LogP contribution in [0.1, 0.15) is 41.1 Å². The lowest BCUT2D eigenvalue weighted by atomic mass is 10.0. The summed E-state index contributed by atoms with van der Waals surface area (Å²) in [5.74, 6) is -0.627. The Bertz CT molecular complexity index is 940. The minimum Gasteiger partial charge on any atom is -0.457 e. The van der Waals surface area contributed by atoms with Crippen LogP contribution in [0.4, 0.5) is 0 Å². The molecule has 1 aromatic heterocycles. The smallest absolute Gasteiger partial charge is 0.338 e. The molecule has 7 nitrogen and oxygen atoms in total. The Morgan fingerprint density at radius 1 is 1.11 bits per heavy atom. The molecule has 1 saturated heterocycles. The molecule has 3 unspecified atom stereocenters. The maximum atomic E-state index is 12.9. The highest BCUT2D eigenvalue weighted by atomic mass is 16.5. The fourth-order valence-corrected chi connectivity index (χ4v) is 3.74. The van der Waals surface area contributed by atoms with Crippen LogP contribution in [-0.2, 0) is 4.74 Å². The third kappa shape index (κ3) is 2.99. The quantitative estimate of drug-likeness (QED) is 0.754. The molecule has 0 saturated carbocycles. The number of carbonyl (C=O) groups excluding carboxylic acids is 2.